The largest absolute Gasteiger partial charge is 0.480 e. The molecule has 0 aromatic heterocycles. The van der Waals surface area contributed by atoms with Crippen molar-refractivity contribution in [1.82, 2.24) is 5.32 Å². The summed E-state index contributed by atoms with van der Waals surface area (Å²) >= 11 is 0. The Balaban J connectivity index is 1.80. The van der Waals surface area contributed by atoms with Crippen molar-refractivity contribution in [3.63, 3.8) is 0 Å². The molecule has 19 heavy (non-hydrogen) atoms. The Hall–Kier alpha value is -1.39. The number of piperidine rings is 1. The maximum atomic E-state index is 11.4. The van der Waals surface area contributed by atoms with Gasteiger partial charge in [0.05, 0.1) is 13.2 Å². The van der Waals surface area contributed by atoms with Crippen molar-refractivity contribution in [2.24, 2.45) is 0 Å². The summed E-state index contributed by atoms with van der Waals surface area (Å²) in [7, 11) is 0. The summed E-state index contributed by atoms with van der Waals surface area (Å²) in [6.45, 7) is 2.69. The van der Waals surface area contributed by atoms with Crippen LogP contribution in [0.15, 0.2) is 24.3 Å². The van der Waals surface area contributed by atoms with Crippen LogP contribution in [0.4, 0.5) is 0 Å². The molecule has 0 spiro atoms. The van der Waals surface area contributed by atoms with E-state index in [1.807, 2.05) is 12.1 Å². The number of carboxylic acid groups (broad SMARTS) is 1. The first-order chi connectivity index (χ1) is 9.22. The van der Waals surface area contributed by atoms with Crippen LogP contribution < -0.4 is 5.32 Å². The Bertz CT molecular complexity index is 459. The van der Waals surface area contributed by atoms with E-state index < -0.39 is 11.4 Å². The fraction of sp³-hybridized carbons (Fsp3) is 0.533. The molecule has 2 fully saturated rings. The number of aliphatic carboxylic acids is 1. The van der Waals surface area contributed by atoms with Crippen LogP contribution in [0, 0.1) is 0 Å². The third kappa shape index (κ3) is 2.15. The normalized spacial score (nSPS) is 25.6. The molecule has 0 bridgehead atoms. The topological polar surface area (TPSA) is 58.6 Å². The van der Waals surface area contributed by atoms with Crippen molar-refractivity contribution >= 4 is 5.97 Å². The summed E-state index contributed by atoms with van der Waals surface area (Å²) in [6.07, 6.45) is 2.42. The number of ether oxygens (including phenoxy) is 1. The van der Waals surface area contributed by atoms with Crippen molar-refractivity contribution in [3.8, 4) is 0 Å². The lowest BCUT2D eigenvalue weighted by Crippen LogP contribution is -2.53. The van der Waals surface area contributed by atoms with Crippen LogP contribution in [0.5, 0.6) is 0 Å². The van der Waals surface area contributed by atoms with Gasteiger partial charge >= 0.3 is 5.97 Å². The molecule has 0 amide bonds. The molecule has 102 valence electrons. The number of carboxylic acids is 1. The van der Waals surface area contributed by atoms with Crippen LogP contribution in [0.3, 0.4) is 0 Å². The lowest BCUT2D eigenvalue weighted by atomic mass is 9.78. The third-order valence-corrected chi connectivity index (χ3v) is 4.34. The predicted octanol–water partition coefficient (Wildman–Crippen LogP) is 1.51. The van der Waals surface area contributed by atoms with E-state index in [0.717, 1.165) is 18.7 Å². The van der Waals surface area contributed by atoms with Gasteiger partial charge in [-0.05, 0) is 36.4 Å². The molecule has 0 saturated carbocycles. The maximum absolute atomic E-state index is 11.4. The van der Waals surface area contributed by atoms with Crippen LogP contribution in [0.2, 0.25) is 0 Å². The molecule has 4 nitrogen and oxygen atoms in total. The van der Waals surface area contributed by atoms with Crippen molar-refractivity contribution in [2.75, 3.05) is 26.3 Å². The summed E-state index contributed by atoms with van der Waals surface area (Å²) in [5.74, 6) is -0.230. The van der Waals surface area contributed by atoms with Crippen LogP contribution in [-0.4, -0.2) is 37.4 Å². The first-order valence-corrected chi connectivity index (χ1v) is 6.85. The molecule has 2 aliphatic heterocycles. The number of hydrogen-bond acceptors (Lipinski definition) is 3. The van der Waals surface area contributed by atoms with Gasteiger partial charge in [0.1, 0.15) is 5.41 Å². The van der Waals surface area contributed by atoms with Crippen molar-refractivity contribution < 1.29 is 14.6 Å². The second-order valence-corrected chi connectivity index (χ2v) is 5.55. The predicted molar refractivity (Wildman–Crippen MR) is 71.4 cm³/mol. The van der Waals surface area contributed by atoms with Crippen LogP contribution in [0.25, 0.3) is 0 Å². The molecular formula is C15H19NO3. The lowest BCUT2D eigenvalue weighted by Gasteiger charge is -2.38. The van der Waals surface area contributed by atoms with Gasteiger partial charge in [-0.1, -0.05) is 24.3 Å². The van der Waals surface area contributed by atoms with E-state index >= 15 is 0 Å². The number of nitrogens with one attached hydrogen (secondary N) is 1. The van der Waals surface area contributed by atoms with Gasteiger partial charge in [-0.15, -0.1) is 0 Å². The van der Waals surface area contributed by atoms with Gasteiger partial charge in [-0.3, -0.25) is 4.79 Å². The zero-order valence-corrected chi connectivity index (χ0v) is 10.9. The van der Waals surface area contributed by atoms with Gasteiger partial charge in [-0.2, -0.15) is 0 Å². The number of hydrogen-bond donors (Lipinski definition) is 2. The maximum Gasteiger partial charge on any atom is 0.318 e. The molecule has 2 aliphatic rings. The molecule has 2 saturated heterocycles. The van der Waals surface area contributed by atoms with Gasteiger partial charge in [0.2, 0.25) is 0 Å². The van der Waals surface area contributed by atoms with Crippen molar-refractivity contribution in [1.29, 1.82) is 0 Å². The quantitative estimate of drug-likeness (QED) is 0.866. The Morgan fingerprint density at radius 2 is 2.05 bits per heavy atom. The Labute approximate surface area is 112 Å². The standard InChI is InChI=1S/C15H19NO3/c17-14(18)15(9-19-10-15)13-5-3-11(4-6-13)12-2-1-7-16-8-12/h3-6,12,16H,1-2,7-10H2,(H,17,18). The molecule has 1 aromatic rings. The monoisotopic (exact) mass is 261 g/mol. The number of carbonyl (C=O) groups is 1. The number of benzene rings is 1. The van der Waals surface area contributed by atoms with E-state index in [-0.39, 0.29) is 13.2 Å². The van der Waals surface area contributed by atoms with E-state index in [0.29, 0.717) is 5.92 Å². The number of rotatable bonds is 3. The van der Waals surface area contributed by atoms with Crippen LogP contribution >= 0.6 is 0 Å². The average molecular weight is 261 g/mol. The Kier molecular flexibility index (Phi) is 3.29. The highest BCUT2D eigenvalue weighted by Crippen LogP contribution is 2.34. The summed E-state index contributed by atoms with van der Waals surface area (Å²) in [5, 5.41) is 12.8. The highest BCUT2D eigenvalue weighted by atomic mass is 16.5. The molecular weight excluding hydrogens is 242 g/mol. The first kappa shape index (κ1) is 12.6. The van der Waals surface area contributed by atoms with Gasteiger partial charge in [0.25, 0.3) is 0 Å². The zero-order chi connectivity index (χ0) is 13.3. The summed E-state index contributed by atoms with van der Waals surface area (Å²) in [5.41, 5.74) is 1.35. The van der Waals surface area contributed by atoms with Crippen molar-refractivity contribution in [3.05, 3.63) is 35.4 Å². The minimum atomic E-state index is -0.816. The molecule has 1 aromatic carbocycles. The first-order valence-electron chi connectivity index (χ1n) is 6.85. The second kappa shape index (κ2) is 4.94. The van der Waals surface area contributed by atoms with Crippen molar-refractivity contribution in [2.45, 2.75) is 24.2 Å². The molecule has 1 atom stereocenters. The fourth-order valence-corrected chi connectivity index (χ4v) is 2.93. The molecule has 0 radical (unpaired) electrons. The minimum absolute atomic E-state index is 0.284. The second-order valence-electron chi connectivity index (χ2n) is 5.55. The molecule has 0 aliphatic carbocycles. The smallest absolute Gasteiger partial charge is 0.318 e. The summed E-state index contributed by atoms with van der Waals surface area (Å²) in [4.78, 5) is 11.4. The lowest BCUT2D eigenvalue weighted by molar-refractivity contribution is -0.163. The highest BCUT2D eigenvalue weighted by molar-refractivity contribution is 5.82. The molecule has 1 unspecified atom stereocenters. The molecule has 2 heterocycles. The van der Waals surface area contributed by atoms with E-state index in [1.54, 1.807) is 0 Å². The van der Waals surface area contributed by atoms with Gasteiger partial charge in [0.15, 0.2) is 0 Å². The molecule has 3 rings (SSSR count). The Morgan fingerprint density at radius 3 is 2.53 bits per heavy atom. The van der Waals surface area contributed by atoms with E-state index in [4.69, 9.17) is 4.74 Å². The van der Waals surface area contributed by atoms with Gasteiger partial charge < -0.3 is 15.2 Å². The van der Waals surface area contributed by atoms with E-state index in [9.17, 15) is 9.90 Å². The molecule has 4 heteroatoms. The van der Waals surface area contributed by atoms with E-state index in [2.05, 4.69) is 17.4 Å². The Morgan fingerprint density at radius 1 is 1.32 bits per heavy atom. The zero-order valence-electron chi connectivity index (χ0n) is 10.9. The van der Waals surface area contributed by atoms with Crippen LogP contribution in [-0.2, 0) is 14.9 Å². The van der Waals surface area contributed by atoms with Gasteiger partial charge in [-0.25, -0.2) is 0 Å². The fourth-order valence-electron chi connectivity index (χ4n) is 2.93. The summed E-state index contributed by atoms with van der Waals surface area (Å²) in [6, 6.07) is 8.08. The van der Waals surface area contributed by atoms with Gasteiger partial charge in [0, 0.05) is 6.54 Å². The summed E-state index contributed by atoms with van der Waals surface area (Å²) < 4.78 is 5.11. The average Bonchev–Trinajstić information content (AvgIpc) is 2.39. The SMILES string of the molecule is O=C(O)C1(c2ccc(C3CCCNC3)cc2)COC1. The highest BCUT2D eigenvalue weighted by Gasteiger charge is 2.47. The minimum Gasteiger partial charge on any atom is -0.480 e. The van der Waals surface area contributed by atoms with Crippen LogP contribution in [0.1, 0.15) is 29.9 Å². The molecule has 2 N–H and O–H groups in total. The third-order valence-electron chi connectivity index (χ3n) is 4.34. The van der Waals surface area contributed by atoms with E-state index in [1.165, 1.54) is 18.4 Å².